The first-order valence-corrected chi connectivity index (χ1v) is 10.0. The van der Waals surface area contributed by atoms with E-state index in [-0.39, 0.29) is 12.3 Å². The Kier molecular flexibility index (Phi) is 6.21. The lowest BCUT2D eigenvalue weighted by Crippen LogP contribution is -2.22. The monoisotopic (exact) mass is 348 g/mol. The number of carboxylic acid groups (broad SMARTS) is 1. The summed E-state index contributed by atoms with van der Waals surface area (Å²) < 4.78 is 0. The fourth-order valence-corrected chi connectivity index (χ4v) is 5.20. The molecule has 3 aliphatic carbocycles. The number of unbranched alkanes of at least 4 members (excludes halogenated alkanes) is 1. The number of hydrogen-bond acceptors (Lipinski definition) is 3. The number of aliphatic hydroxyl groups is 2. The van der Waals surface area contributed by atoms with Crippen LogP contribution in [-0.2, 0) is 4.79 Å². The summed E-state index contributed by atoms with van der Waals surface area (Å²) in [5.41, 5.74) is 1.39. The summed E-state index contributed by atoms with van der Waals surface area (Å²) >= 11 is 0. The summed E-state index contributed by atoms with van der Waals surface area (Å²) in [6.45, 7) is 0. The van der Waals surface area contributed by atoms with Gasteiger partial charge >= 0.3 is 5.97 Å². The second-order valence-electron chi connectivity index (χ2n) is 8.30. The zero-order valence-electron chi connectivity index (χ0n) is 15.1. The van der Waals surface area contributed by atoms with Crippen LogP contribution in [0.2, 0.25) is 0 Å². The van der Waals surface area contributed by atoms with Crippen LogP contribution < -0.4 is 0 Å². The van der Waals surface area contributed by atoms with Crippen LogP contribution >= 0.6 is 0 Å². The Morgan fingerprint density at radius 1 is 1.20 bits per heavy atom. The molecule has 0 amide bonds. The Morgan fingerprint density at radius 2 is 1.96 bits per heavy atom. The number of allylic oxidation sites excluding steroid dienone is 3. The summed E-state index contributed by atoms with van der Waals surface area (Å²) in [5.74, 6) is 0.980. The largest absolute Gasteiger partial charge is 0.512 e. The van der Waals surface area contributed by atoms with Crippen molar-refractivity contribution in [3.8, 4) is 0 Å². The summed E-state index contributed by atoms with van der Waals surface area (Å²) in [6, 6.07) is 0. The Morgan fingerprint density at radius 3 is 2.68 bits per heavy atom. The molecule has 0 aromatic heterocycles. The van der Waals surface area contributed by atoms with Crippen molar-refractivity contribution in [2.75, 3.05) is 0 Å². The van der Waals surface area contributed by atoms with Crippen molar-refractivity contribution >= 4 is 5.97 Å². The highest BCUT2D eigenvalue weighted by atomic mass is 16.4. The quantitative estimate of drug-likeness (QED) is 0.340. The number of hydrogen-bond donors (Lipinski definition) is 3. The molecule has 3 N–H and O–H groups in total. The van der Waals surface area contributed by atoms with Crippen molar-refractivity contribution < 1.29 is 20.1 Å². The van der Waals surface area contributed by atoms with Crippen LogP contribution in [0.4, 0.5) is 0 Å². The van der Waals surface area contributed by atoms with E-state index in [0.717, 1.165) is 38.5 Å². The third-order valence-electron chi connectivity index (χ3n) is 6.50. The van der Waals surface area contributed by atoms with E-state index in [0.29, 0.717) is 23.5 Å². The topological polar surface area (TPSA) is 77.8 Å². The van der Waals surface area contributed by atoms with Crippen LogP contribution in [0.5, 0.6) is 0 Å². The van der Waals surface area contributed by atoms with Crippen molar-refractivity contribution in [3.05, 3.63) is 23.5 Å². The highest BCUT2D eigenvalue weighted by Crippen LogP contribution is 2.49. The van der Waals surface area contributed by atoms with Gasteiger partial charge in [-0.3, -0.25) is 4.79 Å². The predicted octanol–water partition coefficient (Wildman–Crippen LogP) is 4.60. The molecule has 0 aliphatic heterocycles. The maximum atomic E-state index is 10.6. The van der Waals surface area contributed by atoms with Gasteiger partial charge in [-0.15, -0.1) is 0 Å². The van der Waals surface area contributed by atoms with Crippen molar-refractivity contribution in [2.24, 2.45) is 23.7 Å². The van der Waals surface area contributed by atoms with Crippen LogP contribution in [0.1, 0.15) is 70.6 Å². The van der Waals surface area contributed by atoms with E-state index < -0.39 is 12.1 Å². The molecule has 140 valence electrons. The number of aliphatic carboxylic acids is 1. The molecule has 2 saturated carbocycles. The van der Waals surface area contributed by atoms with Crippen molar-refractivity contribution in [3.63, 3.8) is 0 Å². The third-order valence-corrected chi connectivity index (χ3v) is 6.50. The number of carbonyl (C=O) groups is 1. The summed E-state index contributed by atoms with van der Waals surface area (Å²) in [6.07, 6.45) is 14.5. The first-order chi connectivity index (χ1) is 12.0. The SMILES string of the molecule is O=C(O)CCCCC1=C[C@@H]2C[C@@H](O)[C@H](C(O)=CCC3CCCC3)[C@@H]2C1. The fraction of sp³-hybridized carbons (Fsp3) is 0.762. The molecule has 3 rings (SSSR count). The highest BCUT2D eigenvalue weighted by Gasteiger charge is 2.46. The summed E-state index contributed by atoms with van der Waals surface area (Å²) in [4.78, 5) is 10.6. The molecule has 4 nitrogen and oxygen atoms in total. The first-order valence-electron chi connectivity index (χ1n) is 10.0. The predicted molar refractivity (Wildman–Crippen MR) is 97.2 cm³/mol. The van der Waals surface area contributed by atoms with Crippen molar-refractivity contribution in [2.45, 2.75) is 76.7 Å². The lowest BCUT2D eigenvalue weighted by atomic mass is 9.87. The normalized spacial score (nSPS) is 32.8. The van der Waals surface area contributed by atoms with Gasteiger partial charge in [-0.2, -0.15) is 0 Å². The minimum atomic E-state index is -0.724. The Balaban J connectivity index is 1.51. The molecule has 25 heavy (non-hydrogen) atoms. The van der Waals surface area contributed by atoms with Crippen molar-refractivity contribution in [1.82, 2.24) is 0 Å². The van der Waals surface area contributed by atoms with E-state index in [1.54, 1.807) is 0 Å². The van der Waals surface area contributed by atoms with E-state index in [9.17, 15) is 15.0 Å². The molecule has 0 aromatic carbocycles. The van der Waals surface area contributed by atoms with Gasteiger partial charge in [0.05, 0.1) is 11.9 Å². The third kappa shape index (κ3) is 4.66. The maximum absolute atomic E-state index is 10.6. The van der Waals surface area contributed by atoms with Gasteiger partial charge < -0.3 is 15.3 Å². The average Bonchev–Trinajstić information content (AvgIpc) is 3.25. The maximum Gasteiger partial charge on any atom is 0.303 e. The lowest BCUT2D eigenvalue weighted by Gasteiger charge is -2.21. The minimum absolute atomic E-state index is 0.112. The summed E-state index contributed by atoms with van der Waals surface area (Å²) in [5, 5.41) is 29.7. The van der Waals surface area contributed by atoms with Gasteiger partial charge in [0.15, 0.2) is 0 Å². The van der Waals surface area contributed by atoms with Crippen LogP contribution in [0.15, 0.2) is 23.5 Å². The lowest BCUT2D eigenvalue weighted by molar-refractivity contribution is -0.137. The molecule has 4 heteroatoms. The number of aliphatic hydroxyl groups excluding tert-OH is 2. The van der Waals surface area contributed by atoms with E-state index in [1.165, 1.54) is 31.3 Å². The standard InChI is InChI=1S/C21H32O4/c22-18(10-9-14-5-1-2-6-14)21-17-12-15(7-3-4-8-20(24)25)11-16(17)13-19(21)23/h10-11,14,16-17,19,21-23H,1-9,12-13H2,(H,24,25)/t16-,17-,19-,21+/m1/s1. The molecule has 0 unspecified atom stereocenters. The van der Waals surface area contributed by atoms with Gasteiger partial charge in [-0.1, -0.05) is 37.3 Å². The molecule has 0 aromatic rings. The van der Waals surface area contributed by atoms with Gasteiger partial charge in [0, 0.05) is 12.3 Å². The summed E-state index contributed by atoms with van der Waals surface area (Å²) in [7, 11) is 0. The van der Waals surface area contributed by atoms with E-state index in [1.807, 2.05) is 6.08 Å². The van der Waals surface area contributed by atoms with E-state index in [4.69, 9.17) is 5.11 Å². The smallest absolute Gasteiger partial charge is 0.303 e. The number of carboxylic acids is 1. The van der Waals surface area contributed by atoms with Gasteiger partial charge in [-0.25, -0.2) is 0 Å². The fourth-order valence-electron chi connectivity index (χ4n) is 5.20. The molecule has 2 fully saturated rings. The van der Waals surface area contributed by atoms with Crippen LogP contribution in [0, 0.1) is 23.7 Å². The highest BCUT2D eigenvalue weighted by molar-refractivity contribution is 5.66. The van der Waals surface area contributed by atoms with Gasteiger partial charge in [0.1, 0.15) is 0 Å². The Labute approximate surface area is 150 Å². The average molecular weight is 348 g/mol. The molecule has 0 radical (unpaired) electrons. The molecule has 4 atom stereocenters. The van der Waals surface area contributed by atoms with Crippen LogP contribution in [-0.4, -0.2) is 27.4 Å². The molecule has 0 bridgehead atoms. The van der Waals surface area contributed by atoms with Gasteiger partial charge in [-0.05, 0) is 62.4 Å². The first kappa shape index (κ1) is 18.5. The zero-order valence-corrected chi connectivity index (χ0v) is 15.1. The number of rotatable bonds is 8. The van der Waals surface area contributed by atoms with Gasteiger partial charge in [0.2, 0.25) is 0 Å². The zero-order chi connectivity index (χ0) is 17.8. The van der Waals surface area contributed by atoms with E-state index >= 15 is 0 Å². The Bertz CT molecular complexity index is 530. The molecular weight excluding hydrogens is 316 g/mol. The molecule has 0 spiro atoms. The second-order valence-corrected chi connectivity index (χ2v) is 8.30. The molecule has 0 heterocycles. The van der Waals surface area contributed by atoms with Crippen LogP contribution in [0.3, 0.4) is 0 Å². The van der Waals surface area contributed by atoms with Crippen molar-refractivity contribution in [1.29, 1.82) is 0 Å². The Hall–Kier alpha value is -1.29. The molecule has 3 aliphatic rings. The number of fused-ring (bicyclic) bond motifs is 1. The molecular formula is C21H32O4. The van der Waals surface area contributed by atoms with Crippen LogP contribution in [0.25, 0.3) is 0 Å². The minimum Gasteiger partial charge on any atom is -0.512 e. The van der Waals surface area contributed by atoms with E-state index in [2.05, 4.69) is 6.08 Å². The second kappa shape index (κ2) is 8.39. The van der Waals surface area contributed by atoms with Gasteiger partial charge in [0.25, 0.3) is 0 Å². The molecule has 0 saturated heterocycles.